The number of ether oxygens (including phenoxy) is 2. The van der Waals surface area contributed by atoms with Gasteiger partial charge in [-0.3, -0.25) is 0 Å². The zero-order valence-corrected chi connectivity index (χ0v) is 60.0. The van der Waals surface area contributed by atoms with Gasteiger partial charge in [0, 0.05) is 21.7 Å². The van der Waals surface area contributed by atoms with Crippen molar-refractivity contribution in [1.29, 1.82) is 0 Å². The second-order valence-corrected chi connectivity index (χ2v) is 36.1. The highest BCUT2D eigenvalue weighted by molar-refractivity contribution is 6.75. The fourth-order valence-electron chi connectivity index (χ4n) is 16.0. The molecule has 6 rings (SSSR count). The average Bonchev–Trinajstić information content (AvgIpc) is 1.09. The van der Waals surface area contributed by atoms with Crippen LogP contribution in [0.25, 0.3) is 0 Å². The molecular formula is C79H116O5Si2. The van der Waals surface area contributed by atoms with Crippen molar-refractivity contribution in [3.05, 3.63) is 196 Å². The molecule has 0 aromatic heterocycles. The first-order valence-electron chi connectivity index (χ1n) is 33.7. The summed E-state index contributed by atoms with van der Waals surface area (Å²) in [7, 11) is -5.16. The van der Waals surface area contributed by atoms with Crippen LogP contribution in [0.15, 0.2) is 146 Å². The van der Waals surface area contributed by atoms with Gasteiger partial charge in [0.25, 0.3) is 0 Å². The standard InChI is InChI=1S/C79H116O5Si2/c1-23-69(24-2)81-70-55-49-63(50-56-70)73(15,16)61-37-43-66(44-38-61)76(27-5,28-6)83-85(19,20)78(31-9,32-10)75(25-3,26-4)65-41-35-59(36-42-65)72(13,14)60-39-45-67(46-40-60)77(29-7,30-8)84-86(21,22)79(33-11,34-12)82-71-57-51-64(52-58-71)74(17,18)62-47-53-68(80)54-48-62/h35-58,69,80H,23-34H2,1-22H3. The van der Waals surface area contributed by atoms with Crippen LogP contribution in [0.1, 0.15) is 252 Å². The molecule has 0 atom stereocenters. The molecule has 0 bridgehead atoms. The Kier molecular flexibility index (Phi) is 22.7. The quantitative estimate of drug-likeness (QED) is 0.0427. The zero-order valence-electron chi connectivity index (χ0n) is 58.0. The number of aromatic hydroxyl groups is 1. The Morgan fingerprint density at radius 2 is 0.628 bits per heavy atom. The highest BCUT2D eigenvalue weighted by atomic mass is 28.4. The van der Waals surface area contributed by atoms with E-state index in [4.69, 9.17) is 18.3 Å². The van der Waals surface area contributed by atoms with Crippen LogP contribution in [0.2, 0.25) is 31.2 Å². The van der Waals surface area contributed by atoms with E-state index >= 15 is 0 Å². The van der Waals surface area contributed by atoms with Crippen LogP contribution in [-0.4, -0.2) is 33.1 Å². The summed E-state index contributed by atoms with van der Waals surface area (Å²) in [4.78, 5) is 0. The first-order valence-corrected chi connectivity index (χ1v) is 39.5. The maximum Gasteiger partial charge on any atom is 0.233 e. The van der Waals surface area contributed by atoms with Gasteiger partial charge >= 0.3 is 0 Å². The average molecular weight is 1200 g/mol. The van der Waals surface area contributed by atoms with Gasteiger partial charge in [0.2, 0.25) is 8.32 Å². The lowest BCUT2D eigenvalue weighted by atomic mass is 9.63. The fourth-order valence-corrected chi connectivity index (χ4v) is 24.5. The molecule has 6 aromatic rings. The van der Waals surface area contributed by atoms with E-state index in [1.54, 1.807) is 12.1 Å². The van der Waals surface area contributed by atoms with E-state index in [1.807, 2.05) is 12.1 Å². The summed E-state index contributed by atoms with van der Waals surface area (Å²) < 4.78 is 29.3. The summed E-state index contributed by atoms with van der Waals surface area (Å²) in [6.07, 6.45) is 11.7. The summed E-state index contributed by atoms with van der Waals surface area (Å²) in [6.45, 7) is 51.7. The third kappa shape index (κ3) is 13.2. The van der Waals surface area contributed by atoms with Crippen molar-refractivity contribution >= 4 is 16.6 Å². The Labute approximate surface area is 527 Å². The van der Waals surface area contributed by atoms with Crippen molar-refractivity contribution in [2.45, 2.75) is 277 Å². The number of hydrogen-bond acceptors (Lipinski definition) is 5. The normalized spacial score (nSPS) is 13.6. The van der Waals surface area contributed by atoms with E-state index in [1.165, 1.54) is 44.5 Å². The molecule has 0 radical (unpaired) electrons. The molecule has 0 spiro atoms. The van der Waals surface area contributed by atoms with Crippen LogP contribution in [0, 0.1) is 0 Å². The molecule has 0 aliphatic heterocycles. The van der Waals surface area contributed by atoms with Gasteiger partial charge in [0.15, 0.2) is 8.32 Å². The second-order valence-electron chi connectivity index (χ2n) is 27.8. The minimum absolute atomic E-state index is 0.0399. The van der Waals surface area contributed by atoms with E-state index in [2.05, 4.69) is 272 Å². The molecule has 7 heteroatoms. The summed E-state index contributed by atoms with van der Waals surface area (Å²) in [5.74, 6) is 2.10. The SMILES string of the molecule is CCC(CC)Oc1ccc(C(C)(C)c2ccc(C(CC)(CC)O[Si](C)(C)C(CC)(CC)C(CC)(CC)c3ccc(C(C)(C)c4ccc(C(CC)(CC)O[Si](C)(C)C(CC)(CC)Oc5ccc(C(C)(C)c6ccc(O)cc6)cc5)cc4)cc3)cc2)cc1. The largest absolute Gasteiger partial charge is 0.508 e. The smallest absolute Gasteiger partial charge is 0.233 e. The van der Waals surface area contributed by atoms with Crippen LogP contribution >= 0.6 is 0 Å². The van der Waals surface area contributed by atoms with Gasteiger partial charge < -0.3 is 23.4 Å². The first kappa shape index (κ1) is 70.2. The van der Waals surface area contributed by atoms with Gasteiger partial charge in [0.1, 0.15) is 22.5 Å². The molecule has 5 nitrogen and oxygen atoms in total. The highest BCUT2D eigenvalue weighted by Gasteiger charge is 2.60. The van der Waals surface area contributed by atoms with Crippen molar-refractivity contribution in [2.24, 2.45) is 0 Å². The summed E-state index contributed by atoms with van der Waals surface area (Å²) in [5, 5.41) is 9.46. The van der Waals surface area contributed by atoms with Crippen molar-refractivity contribution in [1.82, 2.24) is 0 Å². The fraction of sp³-hybridized carbons (Fsp3) is 0.544. The Morgan fingerprint density at radius 3 is 0.930 bits per heavy atom. The topological polar surface area (TPSA) is 57.2 Å². The molecule has 0 heterocycles. The maximum absolute atomic E-state index is 9.95. The van der Waals surface area contributed by atoms with Gasteiger partial charge in [-0.25, -0.2) is 0 Å². The summed E-state index contributed by atoms with van der Waals surface area (Å²) >= 11 is 0. The molecule has 0 aliphatic rings. The van der Waals surface area contributed by atoms with E-state index in [0.29, 0.717) is 0 Å². The summed E-state index contributed by atoms with van der Waals surface area (Å²) in [6, 6.07) is 53.8. The lowest BCUT2D eigenvalue weighted by Crippen LogP contribution is -2.62. The van der Waals surface area contributed by atoms with E-state index in [9.17, 15) is 5.11 Å². The van der Waals surface area contributed by atoms with Gasteiger partial charge in [-0.05, 0) is 195 Å². The molecule has 86 heavy (non-hydrogen) atoms. The van der Waals surface area contributed by atoms with Crippen molar-refractivity contribution < 1.29 is 23.4 Å². The molecular weight excluding hydrogens is 1090 g/mol. The van der Waals surface area contributed by atoms with Crippen molar-refractivity contribution in [3.63, 3.8) is 0 Å². The number of benzene rings is 6. The molecule has 0 saturated heterocycles. The number of rotatable bonds is 32. The second kappa shape index (κ2) is 27.9. The van der Waals surface area contributed by atoms with Crippen LogP contribution in [-0.2, 0) is 41.7 Å². The number of hydrogen-bond donors (Lipinski definition) is 1. The number of phenols is 1. The Balaban J connectivity index is 1.24. The third-order valence-electron chi connectivity index (χ3n) is 22.6. The molecule has 0 aliphatic carbocycles. The predicted octanol–water partition coefficient (Wildman–Crippen LogP) is 22.9. The van der Waals surface area contributed by atoms with Gasteiger partial charge in [-0.15, -0.1) is 0 Å². The molecule has 1 N–H and O–H groups in total. The maximum atomic E-state index is 9.95. The lowest BCUT2D eigenvalue weighted by molar-refractivity contribution is 0.0120. The van der Waals surface area contributed by atoms with Crippen LogP contribution in [0.4, 0.5) is 0 Å². The zero-order chi connectivity index (χ0) is 63.8. The molecule has 0 amide bonds. The Morgan fingerprint density at radius 1 is 0.337 bits per heavy atom. The van der Waals surface area contributed by atoms with Crippen molar-refractivity contribution in [3.8, 4) is 17.2 Å². The highest BCUT2D eigenvalue weighted by Crippen LogP contribution is 2.64. The van der Waals surface area contributed by atoms with E-state index in [-0.39, 0.29) is 38.6 Å². The van der Waals surface area contributed by atoms with Gasteiger partial charge in [-0.1, -0.05) is 234 Å². The van der Waals surface area contributed by atoms with Crippen LogP contribution < -0.4 is 9.47 Å². The monoisotopic (exact) mass is 1200 g/mol. The number of phenolic OH excluding ortho intramolecular Hbond substituents is 1. The minimum Gasteiger partial charge on any atom is -0.508 e. The van der Waals surface area contributed by atoms with Crippen LogP contribution in [0.5, 0.6) is 17.2 Å². The third-order valence-corrected chi connectivity index (χ3v) is 30.9. The first-order chi connectivity index (χ1) is 40.6. The lowest BCUT2D eigenvalue weighted by Gasteiger charge is -2.59. The molecule has 0 fully saturated rings. The Bertz CT molecular complexity index is 3020. The minimum atomic E-state index is -2.61. The summed E-state index contributed by atoms with van der Waals surface area (Å²) in [5.41, 5.74) is 9.92. The molecule has 6 aromatic carbocycles. The van der Waals surface area contributed by atoms with E-state index in [0.717, 1.165) is 94.1 Å². The molecule has 0 saturated carbocycles. The Hall–Kier alpha value is -4.93. The van der Waals surface area contributed by atoms with Gasteiger partial charge in [-0.2, -0.15) is 0 Å². The van der Waals surface area contributed by atoms with E-state index < -0.39 is 33.1 Å². The molecule has 470 valence electrons. The van der Waals surface area contributed by atoms with Crippen molar-refractivity contribution in [2.75, 3.05) is 0 Å². The molecule has 0 unspecified atom stereocenters. The van der Waals surface area contributed by atoms with Crippen LogP contribution in [0.3, 0.4) is 0 Å². The van der Waals surface area contributed by atoms with Gasteiger partial charge in [0.05, 0.1) is 17.3 Å². The predicted molar refractivity (Wildman–Crippen MR) is 373 cm³/mol.